The first kappa shape index (κ1) is 20.4. The normalized spacial score (nSPS) is 14.3. The number of likely N-dealkylation sites (tertiary alicyclic amines) is 1. The lowest BCUT2D eigenvalue weighted by Gasteiger charge is -2.27. The molecule has 7 heteroatoms. The minimum Gasteiger partial charge on any atom is -0.495 e. The van der Waals surface area contributed by atoms with Crippen LogP contribution in [0.4, 0.5) is 5.69 Å². The number of nitrogens with zero attached hydrogens (tertiary/aromatic N) is 2. The highest BCUT2D eigenvalue weighted by Crippen LogP contribution is 2.28. The quantitative estimate of drug-likeness (QED) is 0.596. The highest BCUT2D eigenvalue weighted by atomic mass is 35.5. The van der Waals surface area contributed by atoms with Gasteiger partial charge in [0, 0.05) is 16.4 Å². The Hall–Kier alpha value is -1.34. The molecule has 0 bridgehead atoms. The van der Waals surface area contributed by atoms with Crippen molar-refractivity contribution in [1.82, 2.24) is 9.80 Å². The Kier molecular flexibility index (Phi) is 7.76. The number of hydrogen-bond donors (Lipinski definition) is 1. The van der Waals surface area contributed by atoms with E-state index in [0.717, 1.165) is 37.5 Å². The van der Waals surface area contributed by atoms with Crippen molar-refractivity contribution in [3.63, 3.8) is 0 Å². The van der Waals surface area contributed by atoms with Gasteiger partial charge in [-0.05, 0) is 80.8 Å². The Morgan fingerprint density at radius 1 is 1.33 bits per heavy atom. The molecule has 27 heavy (non-hydrogen) atoms. The molecule has 0 radical (unpaired) electrons. The minimum absolute atomic E-state index is 0.653. The molecule has 0 spiro atoms. The first-order chi connectivity index (χ1) is 13.2. The smallest absolute Gasteiger partial charge is 0.173 e. The number of benzene rings is 1. The predicted molar refractivity (Wildman–Crippen MR) is 119 cm³/mol. The van der Waals surface area contributed by atoms with E-state index in [1.807, 2.05) is 18.2 Å². The summed E-state index contributed by atoms with van der Waals surface area (Å²) in [6.45, 7) is 5.32. The molecule has 1 saturated heterocycles. The van der Waals surface area contributed by atoms with Gasteiger partial charge in [0.05, 0.1) is 19.3 Å². The molecule has 1 fully saturated rings. The van der Waals surface area contributed by atoms with Crippen LogP contribution in [-0.4, -0.2) is 48.2 Å². The number of thiophene rings is 1. The maximum absolute atomic E-state index is 6.15. The molecule has 146 valence electrons. The molecule has 3 rings (SSSR count). The lowest BCUT2D eigenvalue weighted by atomic mass is 10.3. The first-order valence-electron chi connectivity index (χ1n) is 9.30. The molecule has 0 aliphatic carbocycles. The summed E-state index contributed by atoms with van der Waals surface area (Å²) in [6.07, 6.45) is 3.75. The number of halogens is 1. The van der Waals surface area contributed by atoms with Crippen LogP contribution < -0.4 is 10.1 Å². The third-order valence-corrected chi connectivity index (χ3v) is 6.17. The second-order valence-electron chi connectivity index (χ2n) is 6.68. The van der Waals surface area contributed by atoms with Gasteiger partial charge in [0.1, 0.15) is 5.75 Å². The van der Waals surface area contributed by atoms with E-state index in [2.05, 4.69) is 32.6 Å². The van der Waals surface area contributed by atoms with Crippen LogP contribution >= 0.6 is 35.2 Å². The van der Waals surface area contributed by atoms with Crippen LogP contribution in [0.2, 0.25) is 5.02 Å². The fraction of sp³-hybridized carbons (Fsp3) is 0.450. The molecule has 0 amide bonds. The molecular weight excluding hydrogens is 398 g/mol. The highest BCUT2D eigenvalue weighted by Gasteiger charge is 2.16. The van der Waals surface area contributed by atoms with Crippen molar-refractivity contribution in [3.05, 3.63) is 45.6 Å². The Morgan fingerprint density at radius 3 is 2.85 bits per heavy atom. The highest BCUT2D eigenvalue weighted by molar-refractivity contribution is 7.80. The second-order valence-corrected chi connectivity index (χ2v) is 8.53. The lowest BCUT2D eigenvalue weighted by Crippen LogP contribution is -2.36. The summed E-state index contributed by atoms with van der Waals surface area (Å²) < 4.78 is 5.43. The van der Waals surface area contributed by atoms with Gasteiger partial charge in [-0.2, -0.15) is 0 Å². The van der Waals surface area contributed by atoms with Crippen LogP contribution in [0.5, 0.6) is 5.75 Å². The molecule has 4 nitrogen and oxygen atoms in total. The van der Waals surface area contributed by atoms with Crippen LogP contribution in [0.25, 0.3) is 0 Å². The molecule has 2 aromatic rings. The molecule has 1 aromatic heterocycles. The fourth-order valence-electron chi connectivity index (χ4n) is 3.31. The zero-order valence-electron chi connectivity index (χ0n) is 15.6. The van der Waals surface area contributed by atoms with E-state index in [4.69, 9.17) is 28.6 Å². The monoisotopic (exact) mass is 423 g/mol. The van der Waals surface area contributed by atoms with Gasteiger partial charge < -0.3 is 19.9 Å². The minimum atomic E-state index is 0.653. The van der Waals surface area contributed by atoms with Crippen LogP contribution in [-0.2, 0) is 6.54 Å². The molecule has 0 saturated carbocycles. The molecule has 1 aliphatic rings. The summed E-state index contributed by atoms with van der Waals surface area (Å²) >= 11 is 13.6. The Balaban J connectivity index is 1.64. The van der Waals surface area contributed by atoms with Crippen molar-refractivity contribution in [3.8, 4) is 5.75 Å². The summed E-state index contributed by atoms with van der Waals surface area (Å²) in [5.41, 5.74) is 0.797. The van der Waals surface area contributed by atoms with E-state index in [-0.39, 0.29) is 0 Å². The van der Waals surface area contributed by atoms with Crippen LogP contribution in [0.1, 0.15) is 24.1 Å². The zero-order valence-corrected chi connectivity index (χ0v) is 18.0. The van der Waals surface area contributed by atoms with Crippen molar-refractivity contribution in [2.45, 2.75) is 25.8 Å². The molecular formula is C20H26ClN3OS2. The molecule has 1 aromatic carbocycles. The summed E-state index contributed by atoms with van der Waals surface area (Å²) in [5, 5.41) is 6.79. The molecule has 0 atom stereocenters. The van der Waals surface area contributed by atoms with Crippen LogP contribution in [0, 0.1) is 0 Å². The van der Waals surface area contributed by atoms with Crippen LogP contribution in [0.15, 0.2) is 35.7 Å². The molecule has 2 heterocycles. The summed E-state index contributed by atoms with van der Waals surface area (Å²) in [7, 11) is 1.65. The van der Waals surface area contributed by atoms with Crippen molar-refractivity contribution in [1.29, 1.82) is 0 Å². The number of hydrogen-bond acceptors (Lipinski definition) is 4. The summed E-state index contributed by atoms with van der Waals surface area (Å²) in [6, 6.07) is 9.75. The maximum atomic E-state index is 6.15. The zero-order chi connectivity index (χ0) is 19.1. The SMILES string of the molecule is COc1ccc(Cl)cc1NC(=S)N(CCCN1CCCC1)Cc1cccs1. The lowest BCUT2D eigenvalue weighted by molar-refractivity contribution is 0.307. The van der Waals surface area contributed by atoms with E-state index >= 15 is 0 Å². The van der Waals surface area contributed by atoms with Crippen molar-refractivity contribution < 1.29 is 4.74 Å². The van der Waals surface area contributed by atoms with E-state index in [1.54, 1.807) is 18.4 Å². The van der Waals surface area contributed by atoms with Gasteiger partial charge in [-0.1, -0.05) is 17.7 Å². The topological polar surface area (TPSA) is 27.7 Å². The van der Waals surface area contributed by atoms with E-state index < -0.39 is 0 Å². The fourth-order valence-corrected chi connectivity index (χ4v) is 4.46. The van der Waals surface area contributed by atoms with Crippen molar-refractivity contribution in [2.75, 3.05) is 38.6 Å². The van der Waals surface area contributed by atoms with E-state index in [9.17, 15) is 0 Å². The Labute approximate surface area is 176 Å². The van der Waals surface area contributed by atoms with Gasteiger partial charge in [0.2, 0.25) is 0 Å². The van der Waals surface area contributed by atoms with Crippen molar-refractivity contribution >= 4 is 46.0 Å². The largest absolute Gasteiger partial charge is 0.495 e. The van der Waals surface area contributed by atoms with Gasteiger partial charge in [-0.3, -0.25) is 0 Å². The standard InChI is InChI=1S/C20H26ClN3OS2/c1-25-19-8-7-16(21)14-18(19)22-20(26)24(15-17-6-4-13-27-17)12-5-11-23-9-2-3-10-23/h4,6-8,13-14H,2-3,5,9-12,15H2,1H3,(H,22,26). The average molecular weight is 424 g/mol. The number of anilines is 1. The number of ether oxygens (including phenoxy) is 1. The van der Waals surface area contributed by atoms with Gasteiger partial charge in [-0.15, -0.1) is 11.3 Å². The van der Waals surface area contributed by atoms with Gasteiger partial charge in [-0.25, -0.2) is 0 Å². The van der Waals surface area contributed by atoms with E-state index in [0.29, 0.717) is 10.1 Å². The molecule has 1 N–H and O–H groups in total. The number of nitrogens with one attached hydrogen (secondary N) is 1. The number of rotatable bonds is 8. The first-order valence-corrected chi connectivity index (χ1v) is 11.0. The number of thiocarbonyl (C=S) groups is 1. The second kappa shape index (κ2) is 10.3. The third kappa shape index (κ3) is 6.07. The van der Waals surface area contributed by atoms with E-state index in [1.165, 1.54) is 30.8 Å². The Bertz CT molecular complexity index is 733. The average Bonchev–Trinajstić information content (AvgIpc) is 3.35. The maximum Gasteiger partial charge on any atom is 0.173 e. The third-order valence-electron chi connectivity index (χ3n) is 4.72. The summed E-state index contributed by atoms with van der Waals surface area (Å²) in [4.78, 5) is 6.08. The van der Waals surface area contributed by atoms with Gasteiger partial charge >= 0.3 is 0 Å². The predicted octanol–water partition coefficient (Wildman–Crippen LogP) is 5.10. The molecule has 1 aliphatic heterocycles. The Morgan fingerprint density at radius 2 is 2.15 bits per heavy atom. The van der Waals surface area contributed by atoms with Gasteiger partial charge in [0.25, 0.3) is 0 Å². The van der Waals surface area contributed by atoms with Gasteiger partial charge in [0.15, 0.2) is 5.11 Å². The van der Waals surface area contributed by atoms with Crippen molar-refractivity contribution in [2.24, 2.45) is 0 Å². The molecule has 0 unspecified atom stereocenters. The summed E-state index contributed by atoms with van der Waals surface area (Å²) in [5.74, 6) is 0.731. The van der Waals surface area contributed by atoms with Crippen LogP contribution in [0.3, 0.4) is 0 Å². The number of methoxy groups -OCH3 is 1.